The fraction of sp³-hybridized carbons (Fsp3) is 0.0833. The molecular formula is C24H30Cl4N8. The van der Waals surface area contributed by atoms with Crippen molar-refractivity contribution in [2.45, 2.75) is 0 Å². The van der Waals surface area contributed by atoms with Gasteiger partial charge in [-0.1, -0.05) is 24.3 Å². The van der Waals surface area contributed by atoms with E-state index in [0.29, 0.717) is 23.3 Å². The molecule has 0 saturated heterocycles. The summed E-state index contributed by atoms with van der Waals surface area (Å²) < 4.78 is 0. The molecule has 0 atom stereocenters. The van der Waals surface area contributed by atoms with Gasteiger partial charge in [-0.25, -0.2) is 9.98 Å². The Hall–Kier alpha value is -3.30. The van der Waals surface area contributed by atoms with Gasteiger partial charge in [0.25, 0.3) is 0 Å². The number of halogens is 4. The van der Waals surface area contributed by atoms with Gasteiger partial charge in [-0.05, 0) is 48.5 Å². The smallest absolute Gasteiger partial charge is 0.131 e. The highest BCUT2D eigenvalue weighted by Crippen LogP contribution is 2.16. The molecule has 0 aliphatic rings. The van der Waals surface area contributed by atoms with Crippen molar-refractivity contribution in [3.8, 4) is 0 Å². The van der Waals surface area contributed by atoms with Gasteiger partial charge in [0.15, 0.2) is 0 Å². The van der Waals surface area contributed by atoms with E-state index in [1.165, 1.54) is 0 Å². The monoisotopic (exact) mass is 570 g/mol. The number of amidine groups is 4. The molecule has 0 heterocycles. The van der Waals surface area contributed by atoms with Crippen LogP contribution in [0.4, 0.5) is 11.4 Å². The zero-order valence-electron chi connectivity index (χ0n) is 19.7. The highest BCUT2D eigenvalue weighted by atomic mass is 35.5. The van der Waals surface area contributed by atoms with Crippen LogP contribution in [-0.4, -0.2) is 37.4 Å². The number of rotatable bonds is 6. The van der Waals surface area contributed by atoms with Crippen LogP contribution in [0, 0.1) is 0 Å². The number of nitrogens with two attached hydrogens (primary N) is 4. The molecule has 8 N–H and O–H groups in total. The van der Waals surface area contributed by atoms with Crippen LogP contribution in [-0.2, 0) is 0 Å². The molecule has 0 fully saturated rings. The molecule has 0 spiro atoms. The average molecular weight is 572 g/mol. The van der Waals surface area contributed by atoms with Gasteiger partial charge in [0.1, 0.15) is 23.3 Å². The van der Waals surface area contributed by atoms with Crippen molar-refractivity contribution in [2.75, 3.05) is 14.1 Å². The van der Waals surface area contributed by atoms with E-state index in [1.54, 1.807) is 14.1 Å². The number of benzene rings is 3. The van der Waals surface area contributed by atoms with Gasteiger partial charge < -0.3 is 22.9 Å². The summed E-state index contributed by atoms with van der Waals surface area (Å²) in [5, 5.41) is 0. The number of nitrogens with zero attached hydrogens (tertiary/aromatic N) is 4. The summed E-state index contributed by atoms with van der Waals surface area (Å²) >= 11 is 0. The molecule has 8 nitrogen and oxygen atoms in total. The maximum atomic E-state index is 6.17. The lowest BCUT2D eigenvalue weighted by Gasteiger charge is -2.06. The number of hydrogen-bond acceptors (Lipinski definition) is 4. The lowest BCUT2D eigenvalue weighted by atomic mass is 10.1. The van der Waals surface area contributed by atoms with Gasteiger partial charge in [0.2, 0.25) is 0 Å². The van der Waals surface area contributed by atoms with Crippen molar-refractivity contribution in [1.29, 1.82) is 0 Å². The fourth-order valence-electron chi connectivity index (χ4n) is 2.89. The maximum absolute atomic E-state index is 6.17. The third kappa shape index (κ3) is 9.05. The summed E-state index contributed by atoms with van der Waals surface area (Å²) in [5.74, 6) is 1.72. The highest BCUT2D eigenvalue weighted by molar-refractivity contribution is 6.03. The zero-order chi connectivity index (χ0) is 23.1. The first-order valence-corrected chi connectivity index (χ1v) is 9.85. The molecule has 3 aromatic carbocycles. The van der Waals surface area contributed by atoms with Gasteiger partial charge >= 0.3 is 0 Å². The van der Waals surface area contributed by atoms with Crippen molar-refractivity contribution in [2.24, 2.45) is 42.9 Å². The Morgan fingerprint density at radius 1 is 0.417 bits per heavy atom. The maximum Gasteiger partial charge on any atom is 0.131 e. The molecule has 12 heteroatoms. The largest absolute Gasteiger partial charge is 0.384 e. The molecule has 0 amide bonds. The Morgan fingerprint density at radius 2 is 0.639 bits per heavy atom. The fourth-order valence-corrected chi connectivity index (χ4v) is 2.89. The topological polar surface area (TPSA) is 154 Å². The van der Waals surface area contributed by atoms with E-state index in [-0.39, 0.29) is 49.6 Å². The van der Waals surface area contributed by atoms with Crippen LogP contribution in [0.15, 0.2) is 92.8 Å². The second-order valence-electron chi connectivity index (χ2n) is 6.88. The van der Waals surface area contributed by atoms with Crippen LogP contribution in [0.3, 0.4) is 0 Å². The van der Waals surface area contributed by atoms with Crippen LogP contribution in [0.2, 0.25) is 0 Å². The van der Waals surface area contributed by atoms with Crippen LogP contribution in [0.1, 0.15) is 22.3 Å². The summed E-state index contributed by atoms with van der Waals surface area (Å²) in [7, 11) is 3.30. The summed E-state index contributed by atoms with van der Waals surface area (Å²) in [4.78, 5) is 16.8. The second-order valence-corrected chi connectivity index (χ2v) is 6.88. The Bertz CT molecular complexity index is 1110. The van der Waals surface area contributed by atoms with E-state index in [1.807, 2.05) is 72.8 Å². The Labute approximate surface area is 235 Å². The van der Waals surface area contributed by atoms with Crippen LogP contribution < -0.4 is 22.9 Å². The number of aliphatic imine (C=N–C) groups is 4. The minimum absolute atomic E-state index is 0. The molecule has 0 saturated carbocycles. The Morgan fingerprint density at radius 3 is 0.889 bits per heavy atom. The van der Waals surface area contributed by atoms with E-state index in [2.05, 4.69) is 20.0 Å². The second kappa shape index (κ2) is 16.4. The molecule has 0 aliphatic heterocycles. The molecule has 0 aliphatic carbocycles. The van der Waals surface area contributed by atoms with Crippen LogP contribution in [0.5, 0.6) is 0 Å². The molecule has 0 unspecified atom stereocenters. The molecule has 3 rings (SSSR count). The molecule has 3 aromatic rings. The van der Waals surface area contributed by atoms with Gasteiger partial charge in [-0.2, -0.15) is 0 Å². The van der Waals surface area contributed by atoms with E-state index >= 15 is 0 Å². The lowest BCUT2D eigenvalue weighted by Crippen LogP contribution is -2.15. The first-order chi connectivity index (χ1) is 15.4. The van der Waals surface area contributed by atoms with E-state index in [4.69, 9.17) is 22.9 Å². The third-order valence-corrected chi connectivity index (χ3v) is 4.78. The SMILES string of the molecule is CN=C(N)c1ccc(N=C(N)c2ccc(C(N)=Nc3ccc(C(N)=NC)cc3)cc2)cc1.Cl.Cl.Cl.Cl. The first kappa shape index (κ1) is 34.9. The Kier molecular flexibility index (Phi) is 15.9. The van der Waals surface area contributed by atoms with Crippen molar-refractivity contribution >= 4 is 84.3 Å². The standard InChI is InChI=1S/C24H26N8.4ClH/c1-29-21(25)15-7-11-19(12-8-15)31-23(27)17-3-5-18(6-4-17)24(28)32-20-13-9-16(10-14-20)22(26)30-2;;;;/h3-14H,1-2H3,(H2,25,29)(H2,26,30)(H2,27,31)(H2,28,32);4*1H. The minimum atomic E-state index is 0. The highest BCUT2D eigenvalue weighted by Gasteiger charge is 2.04. The molecule has 0 bridgehead atoms. The van der Waals surface area contributed by atoms with Crippen molar-refractivity contribution in [3.63, 3.8) is 0 Å². The normalized spacial score (nSPS) is 11.8. The van der Waals surface area contributed by atoms with Gasteiger partial charge in [0.05, 0.1) is 11.4 Å². The van der Waals surface area contributed by atoms with Crippen LogP contribution >= 0.6 is 49.6 Å². The van der Waals surface area contributed by atoms with Gasteiger partial charge in [-0.3, -0.25) is 9.98 Å². The lowest BCUT2D eigenvalue weighted by molar-refractivity contribution is 1.38. The van der Waals surface area contributed by atoms with Crippen molar-refractivity contribution < 1.29 is 0 Å². The first-order valence-electron chi connectivity index (χ1n) is 9.85. The van der Waals surface area contributed by atoms with Crippen LogP contribution in [0.25, 0.3) is 0 Å². The summed E-state index contributed by atoms with van der Waals surface area (Å²) in [5.41, 5.74) is 28.6. The Balaban J connectivity index is 0. The van der Waals surface area contributed by atoms with Crippen molar-refractivity contribution in [1.82, 2.24) is 0 Å². The molecule has 0 aromatic heterocycles. The molecular weight excluding hydrogens is 542 g/mol. The predicted octanol–water partition coefficient (Wildman–Crippen LogP) is 4.12. The third-order valence-electron chi connectivity index (χ3n) is 4.78. The summed E-state index contributed by atoms with van der Waals surface area (Å²) in [6.07, 6.45) is 0. The number of hydrogen-bond donors (Lipinski definition) is 4. The van der Waals surface area contributed by atoms with E-state index in [0.717, 1.165) is 33.6 Å². The average Bonchev–Trinajstić information content (AvgIpc) is 2.84. The molecule has 36 heavy (non-hydrogen) atoms. The predicted molar refractivity (Wildman–Crippen MR) is 162 cm³/mol. The van der Waals surface area contributed by atoms with Gasteiger partial charge in [0, 0.05) is 36.3 Å². The van der Waals surface area contributed by atoms with E-state index in [9.17, 15) is 0 Å². The summed E-state index contributed by atoms with van der Waals surface area (Å²) in [6.45, 7) is 0. The van der Waals surface area contributed by atoms with Gasteiger partial charge in [-0.15, -0.1) is 49.6 Å². The quantitative estimate of drug-likeness (QED) is 0.259. The minimum Gasteiger partial charge on any atom is -0.384 e. The molecule has 0 radical (unpaired) electrons. The summed E-state index contributed by atoms with van der Waals surface area (Å²) in [6, 6.07) is 22.2. The zero-order valence-corrected chi connectivity index (χ0v) is 22.9. The van der Waals surface area contributed by atoms with E-state index < -0.39 is 0 Å². The van der Waals surface area contributed by atoms with Crippen molar-refractivity contribution in [3.05, 3.63) is 95.1 Å². The molecule has 194 valence electrons.